The quantitative estimate of drug-likeness (QED) is 0.785. The van der Waals surface area contributed by atoms with Crippen molar-refractivity contribution in [1.29, 1.82) is 21.2 Å². The number of hydrogen-bond acceptors (Lipinski definition) is 6. The van der Waals surface area contributed by atoms with Crippen LogP contribution in [-0.2, 0) is 9.47 Å². The largest absolute Gasteiger partial charge is 0.447 e. The van der Waals surface area contributed by atoms with Gasteiger partial charge in [0.1, 0.15) is 6.10 Å². The van der Waals surface area contributed by atoms with Crippen molar-refractivity contribution in [3.05, 3.63) is 24.3 Å². The van der Waals surface area contributed by atoms with E-state index in [-0.39, 0.29) is 5.90 Å². The maximum atomic E-state index is 9.99. The Morgan fingerprint density at radius 1 is 1.17 bits per heavy atom. The summed E-state index contributed by atoms with van der Waals surface area (Å²) in [5.41, 5.74) is -3.40. The molecule has 2 bridgehead atoms. The molecule has 0 aromatic carbocycles. The highest BCUT2D eigenvalue weighted by atomic mass is 16.7. The number of ether oxygens (including phenoxy) is 2. The molecule has 122 valence electrons. The minimum atomic E-state index is -1.81. The Balaban J connectivity index is 2.24. The second-order valence-corrected chi connectivity index (χ2v) is 6.44. The van der Waals surface area contributed by atoms with E-state index in [1.807, 2.05) is 25.1 Å². The average Bonchev–Trinajstić information content (AvgIpc) is 2.81. The van der Waals surface area contributed by atoms with E-state index in [1.54, 1.807) is 18.2 Å². The molecule has 3 rings (SSSR count). The smallest absolute Gasteiger partial charge is 0.217 e. The lowest BCUT2D eigenvalue weighted by Crippen LogP contribution is -2.62. The molecule has 3 fully saturated rings. The van der Waals surface area contributed by atoms with E-state index < -0.39 is 28.6 Å². The molecule has 0 radical (unpaired) electrons. The molecule has 0 aromatic rings. The predicted molar refractivity (Wildman–Crippen MR) is 84.0 cm³/mol. The van der Waals surface area contributed by atoms with Crippen LogP contribution in [0.15, 0.2) is 24.3 Å². The minimum absolute atomic E-state index is 0.304. The Labute approximate surface area is 141 Å². The monoisotopic (exact) mass is 322 g/mol. The molecular weight excluding hydrogens is 304 g/mol. The van der Waals surface area contributed by atoms with E-state index in [0.717, 1.165) is 12.8 Å². The molecule has 2 saturated heterocycles. The van der Waals surface area contributed by atoms with E-state index in [1.165, 1.54) is 0 Å². The average molecular weight is 322 g/mol. The topological polar surface area (TPSA) is 114 Å². The maximum Gasteiger partial charge on any atom is 0.217 e. The Morgan fingerprint density at radius 2 is 1.92 bits per heavy atom. The van der Waals surface area contributed by atoms with Crippen LogP contribution in [0.3, 0.4) is 0 Å². The highest BCUT2D eigenvalue weighted by Gasteiger charge is 2.79. The molecule has 6 nitrogen and oxygen atoms in total. The van der Waals surface area contributed by atoms with Crippen LogP contribution in [0.4, 0.5) is 0 Å². The van der Waals surface area contributed by atoms with Crippen LogP contribution in [0.25, 0.3) is 0 Å². The first-order valence-electron chi connectivity index (χ1n) is 8.06. The summed E-state index contributed by atoms with van der Waals surface area (Å²) in [6.45, 7) is 1.85. The first-order valence-corrected chi connectivity index (χ1v) is 8.06. The molecule has 1 aliphatic carbocycles. The fraction of sp³-hybridized carbons (Fsp3) is 0.556. The number of allylic oxidation sites excluding steroid dienone is 3. The lowest BCUT2D eigenvalue weighted by molar-refractivity contribution is -0.280. The third-order valence-electron chi connectivity index (χ3n) is 5.45. The normalized spacial score (nSPS) is 39.7. The van der Waals surface area contributed by atoms with E-state index in [0.29, 0.717) is 12.8 Å². The summed E-state index contributed by atoms with van der Waals surface area (Å²) in [6.07, 6.45) is 8.85. The zero-order valence-electron chi connectivity index (χ0n) is 13.5. The van der Waals surface area contributed by atoms with Crippen molar-refractivity contribution in [2.45, 2.75) is 44.5 Å². The van der Waals surface area contributed by atoms with Crippen LogP contribution in [-0.4, -0.2) is 17.8 Å². The zero-order valence-corrected chi connectivity index (χ0v) is 13.5. The van der Waals surface area contributed by atoms with Gasteiger partial charge >= 0.3 is 0 Å². The summed E-state index contributed by atoms with van der Waals surface area (Å²) in [6, 6.07) is 6.18. The molecule has 6 heteroatoms. The van der Waals surface area contributed by atoms with Crippen molar-refractivity contribution in [2.24, 2.45) is 16.7 Å². The van der Waals surface area contributed by atoms with Gasteiger partial charge in [-0.15, -0.1) is 0 Å². The number of nitrogens with zero attached hydrogens (tertiary/aromatic N) is 3. The van der Waals surface area contributed by atoms with Crippen LogP contribution < -0.4 is 0 Å². The van der Waals surface area contributed by atoms with E-state index >= 15 is 0 Å². The predicted octanol–water partition coefficient (Wildman–Crippen LogP) is 2.96. The molecule has 24 heavy (non-hydrogen) atoms. The number of nitriles is 3. The Kier molecular flexibility index (Phi) is 3.71. The van der Waals surface area contributed by atoms with Gasteiger partial charge in [0.2, 0.25) is 17.1 Å². The van der Waals surface area contributed by atoms with Crippen LogP contribution in [0.5, 0.6) is 0 Å². The molecule has 4 atom stereocenters. The number of hydrogen-bond donors (Lipinski definition) is 1. The van der Waals surface area contributed by atoms with E-state index in [2.05, 4.69) is 6.07 Å². The Morgan fingerprint density at radius 3 is 2.54 bits per heavy atom. The Hall–Kier alpha value is -2.62. The maximum absolute atomic E-state index is 9.99. The fourth-order valence-electron chi connectivity index (χ4n) is 4.35. The summed E-state index contributed by atoms with van der Waals surface area (Å²) in [4.78, 5) is 0. The van der Waals surface area contributed by atoms with Gasteiger partial charge in [0, 0.05) is 6.42 Å². The molecule has 1 N–H and O–H groups in total. The molecule has 1 saturated carbocycles. The van der Waals surface area contributed by atoms with Crippen molar-refractivity contribution in [2.75, 3.05) is 0 Å². The second kappa shape index (κ2) is 5.48. The number of rotatable bonds is 2. The van der Waals surface area contributed by atoms with Crippen molar-refractivity contribution >= 4 is 5.90 Å². The van der Waals surface area contributed by atoms with Gasteiger partial charge in [0.05, 0.1) is 24.1 Å². The van der Waals surface area contributed by atoms with Crippen LogP contribution in [0.1, 0.15) is 32.6 Å². The van der Waals surface area contributed by atoms with Gasteiger partial charge in [-0.25, -0.2) is 0 Å². The Bertz CT molecular complexity index is 736. The molecule has 4 unspecified atom stereocenters. The van der Waals surface area contributed by atoms with Crippen LogP contribution in [0, 0.1) is 56.2 Å². The fourth-order valence-corrected chi connectivity index (χ4v) is 4.35. The molecule has 3 aliphatic rings. The van der Waals surface area contributed by atoms with Gasteiger partial charge < -0.3 is 9.47 Å². The zero-order chi connectivity index (χ0) is 17.4. The third-order valence-corrected chi connectivity index (χ3v) is 5.45. The first-order chi connectivity index (χ1) is 11.6. The molecule has 2 aliphatic heterocycles. The summed E-state index contributed by atoms with van der Waals surface area (Å²) < 4.78 is 11.9. The molecule has 0 spiro atoms. The highest BCUT2D eigenvalue weighted by Crippen LogP contribution is 2.66. The SMILES string of the molecule is C/C=C/C=C/C1OC23CCCCC2C(C#N)(C(=N)O3)C1(C#N)C#N. The summed E-state index contributed by atoms with van der Waals surface area (Å²) in [5, 5.41) is 38.1. The molecule has 0 amide bonds. The summed E-state index contributed by atoms with van der Waals surface area (Å²) in [5.74, 6) is -1.85. The van der Waals surface area contributed by atoms with Gasteiger partial charge in [-0.3, -0.25) is 5.41 Å². The van der Waals surface area contributed by atoms with Crippen LogP contribution >= 0.6 is 0 Å². The van der Waals surface area contributed by atoms with Crippen molar-refractivity contribution in [3.63, 3.8) is 0 Å². The minimum Gasteiger partial charge on any atom is -0.447 e. The third kappa shape index (κ3) is 1.68. The molecule has 0 aromatic heterocycles. The standard InChI is InChI=1S/C18H18N4O2/c1-2-3-4-8-14-16(10-19,11-20)17(12-21)13-7-5-6-9-18(13,23-14)24-15(17)22/h2-4,8,13-14,22H,5-7,9H2,1H3/b3-2+,8-4+,22-15?. The lowest BCUT2D eigenvalue weighted by Gasteiger charge is -2.50. The van der Waals surface area contributed by atoms with Crippen molar-refractivity contribution in [1.82, 2.24) is 0 Å². The summed E-state index contributed by atoms with van der Waals surface area (Å²) in [7, 11) is 0. The van der Waals surface area contributed by atoms with Gasteiger partial charge in [-0.1, -0.05) is 30.7 Å². The van der Waals surface area contributed by atoms with Crippen LogP contribution in [0.2, 0.25) is 0 Å². The van der Waals surface area contributed by atoms with E-state index in [9.17, 15) is 15.8 Å². The molecule has 2 heterocycles. The van der Waals surface area contributed by atoms with E-state index in [4.69, 9.17) is 14.9 Å². The van der Waals surface area contributed by atoms with Crippen molar-refractivity contribution < 1.29 is 9.47 Å². The second-order valence-electron chi connectivity index (χ2n) is 6.44. The summed E-state index contributed by atoms with van der Waals surface area (Å²) >= 11 is 0. The van der Waals surface area contributed by atoms with Crippen molar-refractivity contribution in [3.8, 4) is 18.2 Å². The number of nitrogens with one attached hydrogen (secondary N) is 1. The van der Waals surface area contributed by atoms with Gasteiger partial charge in [0.15, 0.2) is 5.41 Å². The van der Waals surface area contributed by atoms with Gasteiger partial charge in [-0.05, 0) is 19.8 Å². The lowest BCUT2D eigenvalue weighted by atomic mass is 9.52. The molecular formula is C18H18N4O2. The first kappa shape index (κ1) is 16.2. The van der Waals surface area contributed by atoms with Gasteiger partial charge in [0.25, 0.3) is 0 Å². The highest BCUT2D eigenvalue weighted by molar-refractivity contribution is 5.89. The van der Waals surface area contributed by atoms with Gasteiger partial charge in [-0.2, -0.15) is 15.8 Å².